The summed E-state index contributed by atoms with van der Waals surface area (Å²) in [7, 11) is 0. The van der Waals surface area contributed by atoms with E-state index in [9.17, 15) is 18.4 Å². The van der Waals surface area contributed by atoms with Crippen LogP contribution in [0.15, 0.2) is 18.2 Å². The highest BCUT2D eigenvalue weighted by molar-refractivity contribution is 6.22. The van der Waals surface area contributed by atoms with Gasteiger partial charge in [0.2, 0.25) is 11.8 Å². The van der Waals surface area contributed by atoms with E-state index < -0.39 is 11.6 Å². The van der Waals surface area contributed by atoms with Crippen LogP contribution in [0.4, 0.5) is 14.5 Å². The van der Waals surface area contributed by atoms with Gasteiger partial charge in [0.25, 0.3) is 0 Å². The Hall–Kier alpha value is -1.78. The zero-order valence-corrected chi connectivity index (χ0v) is 10.2. The van der Waals surface area contributed by atoms with Gasteiger partial charge in [0.15, 0.2) is 0 Å². The molecule has 0 N–H and O–H groups in total. The van der Waals surface area contributed by atoms with Crippen LogP contribution < -0.4 is 4.90 Å². The number of fused-ring (bicyclic) bond motifs is 1. The van der Waals surface area contributed by atoms with Crippen LogP contribution >= 0.6 is 0 Å². The smallest absolute Gasteiger partial charge is 0.237 e. The Morgan fingerprint density at radius 1 is 1.00 bits per heavy atom. The third-order valence-corrected chi connectivity index (χ3v) is 3.99. The summed E-state index contributed by atoms with van der Waals surface area (Å²) in [6.45, 7) is 0. The quantitative estimate of drug-likeness (QED) is 0.732. The van der Waals surface area contributed by atoms with Gasteiger partial charge in [-0.2, -0.15) is 0 Å². The third-order valence-electron chi connectivity index (χ3n) is 3.99. The minimum absolute atomic E-state index is 0.134. The van der Waals surface area contributed by atoms with Crippen LogP contribution in [0.25, 0.3) is 0 Å². The average Bonchev–Trinajstić information content (AvgIpc) is 2.64. The highest BCUT2D eigenvalue weighted by Gasteiger charge is 2.49. The van der Waals surface area contributed by atoms with Crippen molar-refractivity contribution in [3.63, 3.8) is 0 Å². The van der Waals surface area contributed by atoms with Gasteiger partial charge < -0.3 is 0 Å². The number of hydrogen-bond donors (Lipinski definition) is 0. The Morgan fingerprint density at radius 2 is 1.58 bits per heavy atom. The molecule has 2 fully saturated rings. The zero-order chi connectivity index (χ0) is 13.6. The van der Waals surface area contributed by atoms with Crippen LogP contribution in [0.5, 0.6) is 0 Å². The second-order valence-electron chi connectivity index (χ2n) is 5.11. The molecule has 0 bridgehead atoms. The lowest BCUT2D eigenvalue weighted by atomic mass is 9.81. The van der Waals surface area contributed by atoms with Gasteiger partial charge in [-0.3, -0.25) is 9.59 Å². The molecule has 3 nitrogen and oxygen atoms in total. The Morgan fingerprint density at radius 3 is 2.11 bits per heavy atom. The summed E-state index contributed by atoms with van der Waals surface area (Å²) in [6, 6.07) is 2.90. The predicted molar refractivity (Wildman–Crippen MR) is 64.3 cm³/mol. The topological polar surface area (TPSA) is 37.4 Å². The fourth-order valence-corrected chi connectivity index (χ4v) is 3.06. The summed E-state index contributed by atoms with van der Waals surface area (Å²) in [5, 5.41) is 0. The molecule has 1 aliphatic carbocycles. The molecule has 1 aliphatic heterocycles. The highest BCUT2D eigenvalue weighted by atomic mass is 19.1. The number of carbonyl (C=O) groups is 2. The number of nitrogens with zero attached hydrogens (tertiary/aromatic N) is 1. The molecule has 100 valence electrons. The number of rotatable bonds is 1. The number of halogens is 2. The average molecular weight is 265 g/mol. The number of hydrogen-bond acceptors (Lipinski definition) is 2. The lowest BCUT2D eigenvalue weighted by Gasteiger charge is -2.19. The van der Waals surface area contributed by atoms with Crippen LogP contribution in [0.2, 0.25) is 0 Å². The highest BCUT2D eigenvalue weighted by Crippen LogP contribution is 2.40. The van der Waals surface area contributed by atoms with Crippen molar-refractivity contribution < 1.29 is 18.4 Å². The maximum Gasteiger partial charge on any atom is 0.237 e. The zero-order valence-electron chi connectivity index (χ0n) is 10.2. The molecule has 19 heavy (non-hydrogen) atoms. The van der Waals surface area contributed by atoms with E-state index in [4.69, 9.17) is 0 Å². The van der Waals surface area contributed by atoms with E-state index in [0.29, 0.717) is 18.9 Å². The minimum atomic E-state index is -0.875. The van der Waals surface area contributed by atoms with Gasteiger partial charge in [-0.1, -0.05) is 12.8 Å². The molecule has 0 aromatic heterocycles. The fraction of sp³-hybridized carbons (Fsp3) is 0.429. The van der Waals surface area contributed by atoms with E-state index in [2.05, 4.69) is 0 Å². The molecule has 5 heteroatoms. The van der Waals surface area contributed by atoms with E-state index in [1.807, 2.05) is 0 Å². The van der Waals surface area contributed by atoms with Crippen LogP contribution in [0, 0.1) is 23.5 Å². The first-order chi connectivity index (χ1) is 9.09. The van der Waals surface area contributed by atoms with Gasteiger partial charge in [-0.15, -0.1) is 0 Å². The van der Waals surface area contributed by atoms with Crippen molar-refractivity contribution in [3.05, 3.63) is 29.8 Å². The van der Waals surface area contributed by atoms with E-state index in [1.165, 1.54) is 0 Å². The molecular weight excluding hydrogens is 252 g/mol. The normalized spacial score (nSPS) is 26.7. The molecule has 0 spiro atoms. The molecule has 2 atom stereocenters. The van der Waals surface area contributed by atoms with Gasteiger partial charge in [0, 0.05) is 6.07 Å². The molecule has 1 saturated heterocycles. The van der Waals surface area contributed by atoms with Crippen LogP contribution in [0.1, 0.15) is 25.7 Å². The van der Waals surface area contributed by atoms with Gasteiger partial charge in [0.1, 0.15) is 11.6 Å². The van der Waals surface area contributed by atoms with Crippen molar-refractivity contribution in [2.75, 3.05) is 4.90 Å². The largest absolute Gasteiger partial charge is 0.274 e. The SMILES string of the molecule is O=C1C2CCCCC2C(=O)N1c1ccc(F)cc1F. The van der Waals surface area contributed by atoms with E-state index in [-0.39, 0.29) is 29.3 Å². The molecule has 3 rings (SSSR count). The Bertz CT molecular complexity index is 534. The molecule has 2 amide bonds. The van der Waals surface area contributed by atoms with Crippen molar-refractivity contribution in [1.82, 2.24) is 0 Å². The Kier molecular flexibility index (Phi) is 2.84. The van der Waals surface area contributed by atoms with Gasteiger partial charge >= 0.3 is 0 Å². The van der Waals surface area contributed by atoms with E-state index in [1.54, 1.807) is 0 Å². The molecule has 1 heterocycles. The first kappa shape index (κ1) is 12.3. The molecule has 1 saturated carbocycles. The van der Waals surface area contributed by atoms with Crippen molar-refractivity contribution >= 4 is 17.5 Å². The standard InChI is InChI=1S/C14H13F2NO2/c15-8-5-6-12(11(16)7-8)17-13(18)9-3-1-2-4-10(9)14(17)19/h5-7,9-10H,1-4H2. The Balaban J connectivity index is 2.00. The van der Waals surface area contributed by atoms with Crippen LogP contribution in [-0.4, -0.2) is 11.8 Å². The number of benzene rings is 1. The fourth-order valence-electron chi connectivity index (χ4n) is 3.06. The third kappa shape index (κ3) is 1.84. The molecule has 2 aliphatic rings. The van der Waals surface area contributed by atoms with E-state index >= 15 is 0 Å². The summed E-state index contributed by atoms with van der Waals surface area (Å²) in [4.78, 5) is 25.4. The summed E-state index contributed by atoms with van der Waals surface area (Å²) < 4.78 is 26.6. The second-order valence-corrected chi connectivity index (χ2v) is 5.11. The second kappa shape index (κ2) is 4.40. The van der Waals surface area contributed by atoms with Gasteiger partial charge in [-0.05, 0) is 25.0 Å². The first-order valence-electron chi connectivity index (χ1n) is 6.42. The monoisotopic (exact) mass is 265 g/mol. The first-order valence-corrected chi connectivity index (χ1v) is 6.42. The molecule has 1 aromatic carbocycles. The lowest BCUT2D eigenvalue weighted by Crippen LogP contribution is -2.31. The van der Waals surface area contributed by atoms with Crippen molar-refractivity contribution in [1.29, 1.82) is 0 Å². The number of amides is 2. The molecule has 1 aromatic rings. The number of carbonyl (C=O) groups excluding carboxylic acids is 2. The van der Waals surface area contributed by atoms with Gasteiger partial charge in [0.05, 0.1) is 17.5 Å². The van der Waals surface area contributed by atoms with Crippen molar-refractivity contribution in [2.24, 2.45) is 11.8 Å². The summed E-state index contributed by atoms with van der Waals surface area (Å²) in [6.07, 6.45) is 3.18. The number of imide groups is 1. The van der Waals surface area contributed by atoms with Crippen LogP contribution in [-0.2, 0) is 9.59 Å². The van der Waals surface area contributed by atoms with Gasteiger partial charge in [-0.25, -0.2) is 13.7 Å². The maximum absolute atomic E-state index is 13.7. The van der Waals surface area contributed by atoms with Crippen molar-refractivity contribution in [2.45, 2.75) is 25.7 Å². The summed E-state index contributed by atoms with van der Waals surface area (Å²) >= 11 is 0. The van der Waals surface area contributed by atoms with E-state index in [0.717, 1.165) is 29.9 Å². The predicted octanol–water partition coefficient (Wildman–Crippen LogP) is 2.64. The molecule has 0 radical (unpaired) electrons. The Labute approximate surface area is 109 Å². The lowest BCUT2D eigenvalue weighted by molar-refractivity contribution is -0.122. The summed E-state index contributed by atoms with van der Waals surface area (Å²) in [5.41, 5.74) is -0.134. The van der Waals surface area contributed by atoms with Crippen molar-refractivity contribution in [3.8, 4) is 0 Å². The maximum atomic E-state index is 13.7. The summed E-state index contributed by atoms with van der Waals surface area (Å²) in [5.74, 6) is -2.95. The molecule has 2 unspecified atom stereocenters. The minimum Gasteiger partial charge on any atom is -0.274 e. The number of anilines is 1. The van der Waals surface area contributed by atoms with Crippen LogP contribution in [0.3, 0.4) is 0 Å². The molecular formula is C14H13F2NO2.